The summed E-state index contributed by atoms with van der Waals surface area (Å²) in [6, 6.07) is 5.43. The summed E-state index contributed by atoms with van der Waals surface area (Å²) in [5.74, 6) is 0.606. The zero-order valence-corrected chi connectivity index (χ0v) is 19.9. The first-order valence-electron chi connectivity index (χ1n) is 11.4. The van der Waals surface area contributed by atoms with Crippen molar-refractivity contribution in [3.8, 4) is 5.75 Å². The Kier molecular flexibility index (Phi) is 9.78. The smallest absolute Gasteiger partial charge is 0.257 e. The molecule has 0 saturated carbocycles. The molecule has 1 heterocycles. The fourth-order valence-electron chi connectivity index (χ4n) is 3.97. The molecule has 3 atom stereocenters. The van der Waals surface area contributed by atoms with Crippen LogP contribution in [0.2, 0.25) is 0 Å². The van der Waals surface area contributed by atoms with Crippen LogP contribution in [0.1, 0.15) is 57.3 Å². The van der Waals surface area contributed by atoms with Crippen molar-refractivity contribution in [2.45, 2.75) is 59.1 Å². The molecule has 174 valence electrons. The molecule has 31 heavy (non-hydrogen) atoms. The number of methoxy groups -OCH3 is 1. The SMILES string of the molecule is CCCC(=O)Nc1ccc2c(c1)OC[C@@H](C)N(CCC)C[C@@H](C)[C@@H](OC)CN(C)C2=O. The van der Waals surface area contributed by atoms with Crippen LogP contribution in [-0.2, 0) is 9.53 Å². The van der Waals surface area contributed by atoms with Gasteiger partial charge in [-0.2, -0.15) is 0 Å². The summed E-state index contributed by atoms with van der Waals surface area (Å²) in [4.78, 5) is 29.3. The van der Waals surface area contributed by atoms with Crippen LogP contribution in [-0.4, -0.2) is 74.2 Å². The Morgan fingerprint density at radius 3 is 2.61 bits per heavy atom. The fourth-order valence-corrected chi connectivity index (χ4v) is 3.97. The van der Waals surface area contributed by atoms with Crippen molar-refractivity contribution in [3.05, 3.63) is 23.8 Å². The Hall–Kier alpha value is -2.12. The number of hydrogen-bond donors (Lipinski definition) is 1. The van der Waals surface area contributed by atoms with Crippen molar-refractivity contribution in [2.24, 2.45) is 5.92 Å². The van der Waals surface area contributed by atoms with Crippen molar-refractivity contribution in [1.29, 1.82) is 0 Å². The monoisotopic (exact) mass is 433 g/mol. The minimum atomic E-state index is -0.116. The predicted octanol–water partition coefficient (Wildman–Crippen LogP) is 3.64. The summed E-state index contributed by atoms with van der Waals surface area (Å²) in [5.41, 5.74) is 1.13. The van der Waals surface area contributed by atoms with Crippen LogP contribution in [0, 0.1) is 5.92 Å². The first kappa shape index (κ1) is 25.1. The van der Waals surface area contributed by atoms with E-state index in [1.807, 2.05) is 6.92 Å². The number of ether oxygens (including phenoxy) is 2. The number of nitrogens with one attached hydrogen (secondary N) is 1. The summed E-state index contributed by atoms with van der Waals surface area (Å²) in [5, 5.41) is 2.89. The van der Waals surface area contributed by atoms with Gasteiger partial charge in [-0.1, -0.05) is 20.8 Å². The number of amides is 2. The number of anilines is 1. The second kappa shape index (κ2) is 12.1. The minimum absolute atomic E-state index is 0.0431. The van der Waals surface area contributed by atoms with Gasteiger partial charge < -0.3 is 19.7 Å². The highest BCUT2D eigenvalue weighted by Gasteiger charge is 2.28. The van der Waals surface area contributed by atoms with Crippen LogP contribution in [0.5, 0.6) is 5.75 Å². The quantitative estimate of drug-likeness (QED) is 0.742. The van der Waals surface area contributed by atoms with E-state index in [-0.39, 0.29) is 29.9 Å². The highest BCUT2D eigenvalue weighted by Crippen LogP contribution is 2.27. The van der Waals surface area contributed by atoms with Crippen molar-refractivity contribution in [1.82, 2.24) is 9.80 Å². The topological polar surface area (TPSA) is 71.1 Å². The Bertz CT molecular complexity index is 740. The van der Waals surface area contributed by atoms with Crippen LogP contribution in [0.4, 0.5) is 5.69 Å². The van der Waals surface area contributed by atoms with Crippen molar-refractivity contribution in [3.63, 3.8) is 0 Å². The average Bonchev–Trinajstić information content (AvgIpc) is 2.74. The number of carbonyl (C=O) groups excluding carboxylic acids is 2. The Morgan fingerprint density at radius 1 is 1.23 bits per heavy atom. The zero-order chi connectivity index (χ0) is 23.0. The van der Waals surface area contributed by atoms with Crippen molar-refractivity contribution >= 4 is 17.5 Å². The third-order valence-corrected chi connectivity index (χ3v) is 5.85. The molecule has 2 amide bonds. The molecule has 1 N–H and O–H groups in total. The number of carbonyl (C=O) groups is 2. The van der Waals surface area contributed by atoms with Gasteiger partial charge in [-0.05, 0) is 44.4 Å². The lowest BCUT2D eigenvalue weighted by molar-refractivity contribution is -0.116. The number of likely N-dealkylation sites (N-methyl/N-ethyl adjacent to an activating group) is 1. The third kappa shape index (κ3) is 6.94. The van der Waals surface area contributed by atoms with Gasteiger partial charge in [0.25, 0.3) is 5.91 Å². The second-order valence-electron chi connectivity index (χ2n) is 8.60. The van der Waals surface area contributed by atoms with E-state index in [1.165, 1.54) is 0 Å². The molecule has 0 radical (unpaired) electrons. The van der Waals surface area contributed by atoms with Crippen molar-refractivity contribution < 1.29 is 19.1 Å². The largest absolute Gasteiger partial charge is 0.491 e. The van der Waals surface area contributed by atoms with E-state index in [1.54, 1.807) is 37.3 Å². The van der Waals surface area contributed by atoms with Gasteiger partial charge in [0.15, 0.2) is 0 Å². The van der Waals surface area contributed by atoms with E-state index >= 15 is 0 Å². The van der Waals surface area contributed by atoms with Gasteiger partial charge in [0.1, 0.15) is 12.4 Å². The molecule has 0 unspecified atom stereocenters. The van der Waals surface area contributed by atoms with Gasteiger partial charge in [0, 0.05) is 51.5 Å². The molecule has 0 fully saturated rings. The van der Waals surface area contributed by atoms with Gasteiger partial charge >= 0.3 is 0 Å². The lowest BCUT2D eigenvalue weighted by Gasteiger charge is -2.35. The lowest BCUT2D eigenvalue weighted by atomic mass is 10.0. The van der Waals surface area contributed by atoms with Crippen molar-refractivity contribution in [2.75, 3.05) is 45.7 Å². The average molecular weight is 434 g/mol. The summed E-state index contributed by atoms with van der Waals surface area (Å²) < 4.78 is 11.9. The third-order valence-electron chi connectivity index (χ3n) is 5.85. The van der Waals surface area contributed by atoms with E-state index in [2.05, 4.69) is 31.0 Å². The van der Waals surface area contributed by atoms with Crippen LogP contribution in [0.3, 0.4) is 0 Å². The van der Waals surface area contributed by atoms with E-state index in [0.29, 0.717) is 36.6 Å². The van der Waals surface area contributed by atoms with E-state index in [4.69, 9.17) is 9.47 Å². The molecule has 0 saturated heterocycles. The summed E-state index contributed by atoms with van der Waals surface area (Å²) in [7, 11) is 3.50. The van der Waals surface area contributed by atoms with Gasteiger partial charge in [-0.15, -0.1) is 0 Å². The molecule has 0 aromatic heterocycles. The van der Waals surface area contributed by atoms with Crippen LogP contribution >= 0.6 is 0 Å². The number of rotatable bonds is 6. The van der Waals surface area contributed by atoms with E-state index < -0.39 is 0 Å². The molecule has 1 aromatic rings. The highest BCUT2D eigenvalue weighted by molar-refractivity contribution is 5.98. The Labute approximate surface area is 187 Å². The first-order chi connectivity index (χ1) is 14.8. The zero-order valence-electron chi connectivity index (χ0n) is 19.9. The van der Waals surface area contributed by atoms with Gasteiger partial charge in [-0.3, -0.25) is 14.5 Å². The Morgan fingerprint density at radius 2 is 1.97 bits per heavy atom. The van der Waals surface area contributed by atoms with Crippen LogP contribution in [0.15, 0.2) is 18.2 Å². The number of fused-ring (bicyclic) bond motifs is 1. The molecule has 1 aliphatic rings. The van der Waals surface area contributed by atoms with Gasteiger partial charge in [0.05, 0.1) is 11.7 Å². The standard InChI is InChI=1S/C24H39N3O4/c1-7-9-23(28)25-19-10-11-20-21(13-19)31-16-18(4)27(12-8-2)14-17(3)22(30-6)15-26(5)24(20)29/h10-11,13,17-18,22H,7-9,12,14-16H2,1-6H3,(H,25,28)/t17-,18-,22+/m1/s1. The number of hydrogen-bond acceptors (Lipinski definition) is 5. The molecule has 1 aliphatic heterocycles. The van der Waals surface area contributed by atoms with E-state index in [0.717, 1.165) is 25.9 Å². The van der Waals surface area contributed by atoms with Gasteiger partial charge in [0.2, 0.25) is 5.91 Å². The van der Waals surface area contributed by atoms with Crippen LogP contribution in [0.25, 0.3) is 0 Å². The molecule has 0 aliphatic carbocycles. The molecule has 7 heteroatoms. The highest BCUT2D eigenvalue weighted by atomic mass is 16.5. The molecule has 0 spiro atoms. The molecule has 0 bridgehead atoms. The minimum Gasteiger partial charge on any atom is -0.491 e. The maximum Gasteiger partial charge on any atom is 0.257 e. The second-order valence-corrected chi connectivity index (χ2v) is 8.60. The first-order valence-corrected chi connectivity index (χ1v) is 11.4. The summed E-state index contributed by atoms with van der Waals surface area (Å²) >= 11 is 0. The summed E-state index contributed by atoms with van der Waals surface area (Å²) in [6.07, 6.45) is 2.23. The maximum absolute atomic E-state index is 13.2. The number of benzene rings is 1. The van der Waals surface area contributed by atoms with E-state index in [9.17, 15) is 9.59 Å². The molecular formula is C24H39N3O4. The van der Waals surface area contributed by atoms with Crippen LogP contribution < -0.4 is 10.1 Å². The molecular weight excluding hydrogens is 394 g/mol. The molecule has 7 nitrogen and oxygen atoms in total. The predicted molar refractivity (Wildman–Crippen MR) is 124 cm³/mol. The lowest BCUT2D eigenvalue weighted by Crippen LogP contribution is -2.46. The Balaban J connectivity index is 2.38. The molecule has 2 rings (SSSR count). The fraction of sp³-hybridized carbons (Fsp3) is 0.667. The van der Waals surface area contributed by atoms with Gasteiger partial charge in [-0.25, -0.2) is 0 Å². The maximum atomic E-state index is 13.2. The normalized spacial score (nSPS) is 23.4. The number of nitrogens with zero attached hydrogens (tertiary/aromatic N) is 2. The molecule has 1 aromatic carbocycles. The summed E-state index contributed by atoms with van der Waals surface area (Å²) in [6.45, 7) is 11.3.